The van der Waals surface area contributed by atoms with Crippen LogP contribution in [0, 0.1) is 25.5 Å². The van der Waals surface area contributed by atoms with E-state index in [1.165, 1.54) is 22.7 Å². The van der Waals surface area contributed by atoms with Crippen LogP contribution in [0.3, 0.4) is 0 Å². The number of anilines is 6. The normalized spacial score (nSPS) is 12.2. The van der Waals surface area contributed by atoms with E-state index in [1.54, 1.807) is 14.2 Å². The number of ether oxygens (including phenoxy) is 2. The molecule has 4 aromatic heterocycles. The predicted octanol–water partition coefficient (Wildman–Crippen LogP) is 11.1. The number of rotatable bonds is 4. The Labute approximate surface area is 402 Å². The van der Waals surface area contributed by atoms with E-state index in [-0.39, 0.29) is 42.1 Å². The number of hydrogen-bond donors (Lipinski definition) is 0. The molecule has 12 rings (SSSR count). The molecular formula is C52H42N8O2Pt2-6. The Morgan fingerprint density at radius 3 is 1.20 bits per heavy atom. The topological polar surface area (TPSA) is 85.4 Å². The molecule has 0 saturated carbocycles. The quantitative estimate of drug-likeness (QED) is 0.159. The average molecular weight is 1200 g/mol. The Morgan fingerprint density at radius 1 is 0.438 bits per heavy atom. The molecule has 0 atom stereocenters. The molecule has 328 valence electrons. The van der Waals surface area contributed by atoms with Gasteiger partial charge >= 0.3 is 0 Å². The first-order valence-corrected chi connectivity index (χ1v) is 20.1. The van der Waals surface area contributed by atoms with Crippen molar-refractivity contribution in [3.8, 4) is 11.8 Å². The van der Waals surface area contributed by atoms with Gasteiger partial charge in [0.1, 0.15) is 11.8 Å². The van der Waals surface area contributed by atoms with Crippen LogP contribution in [0.5, 0.6) is 11.8 Å². The molecule has 0 saturated heterocycles. The summed E-state index contributed by atoms with van der Waals surface area (Å²) in [6, 6.07) is 63.0. The Balaban J connectivity index is 0.000000126. The summed E-state index contributed by atoms with van der Waals surface area (Å²) in [4.78, 5) is 26.0. The molecule has 2 aliphatic heterocycles. The first kappa shape index (κ1) is 45.4. The molecular weight excluding hydrogens is 1160 g/mol. The van der Waals surface area contributed by atoms with Crippen molar-refractivity contribution < 1.29 is 51.6 Å². The first-order chi connectivity index (χ1) is 30.5. The minimum atomic E-state index is 0. The average Bonchev–Trinajstić information content (AvgIpc) is 4.10. The molecule has 0 unspecified atom stereocenters. The van der Waals surface area contributed by atoms with E-state index in [9.17, 15) is 0 Å². The Morgan fingerprint density at radius 2 is 0.812 bits per heavy atom. The monoisotopic (exact) mass is 1200 g/mol. The second kappa shape index (κ2) is 20.7. The van der Waals surface area contributed by atoms with Crippen molar-refractivity contribution >= 4 is 78.0 Å². The van der Waals surface area contributed by atoms with Crippen molar-refractivity contribution in [1.29, 1.82) is 0 Å². The number of para-hydroxylation sites is 8. The van der Waals surface area contributed by atoms with E-state index in [4.69, 9.17) is 9.47 Å². The number of methoxy groups -OCH3 is 2. The van der Waals surface area contributed by atoms with E-state index >= 15 is 0 Å². The van der Waals surface area contributed by atoms with Crippen molar-refractivity contribution in [2.75, 3.05) is 47.9 Å². The van der Waals surface area contributed by atoms with Crippen LogP contribution in [-0.2, 0) is 42.1 Å². The molecule has 0 fully saturated rings. The molecule has 0 N–H and O–H groups in total. The van der Waals surface area contributed by atoms with Gasteiger partial charge in [-0.25, -0.2) is 0 Å². The van der Waals surface area contributed by atoms with E-state index in [1.807, 2.05) is 97.1 Å². The van der Waals surface area contributed by atoms with Gasteiger partial charge < -0.3 is 49.0 Å². The Hall–Kier alpha value is -6.60. The second-order valence-corrected chi connectivity index (χ2v) is 14.4. The van der Waals surface area contributed by atoms with Crippen LogP contribution < -0.4 is 39.0 Å². The van der Waals surface area contributed by atoms with E-state index < -0.39 is 0 Å². The molecule has 2 aliphatic rings. The predicted molar refractivity (Wildman–Crippen MR) is 251 cm³/mol. The summed E-state index contributed by atoms with van der Waals surface area (Å²) in [5.41, 5.74) is 10.4. The number of aromatic nitrogens is 4. The third-order valence-electron chi connectivity index (χ3n) is 10.5. The van der Waals surface area contributed by atoms with Gasteiger partial charge in [-0.3, -0.25) is 0 Å². The van der Waals surface area contributed by atoms with Crippen LogP contribution in [0.25, 0.3) is 43.9 Å². The van der Waals surface area contributed by atoms with Crippen LogP contribution in [0.1, 0.15) is 0 Å². The smallest absolute Gasteiger partial charge is 0.110 e. The second-order valence-electron chi connectivity index (χ2n) is 14.4. The Kier molecular flexibility index (Phi) is 14.7. The zero-order chi connectivity index (χ0) is 42.4. The van der Waals surface area contributed by atoms with Gasteiger partial charge in [0.2, 0.25) is 0 Å². The minimum Gasteiger partial charge on any atom is -0.504 e. The SMILES string of the molecule is CN1[CH-]N(c2[c-]cccc2)c2ccccc21.CN1[CH-]N(c2[c-]cccc2)c2ccccc21.COc1ccc2c(n1)[n-]c1ccccc12.COc1ccc2c(n1)[n-]c1ccccc12.[Pt].[Pt]. The van der Waals surface area contributed by atoms with Gasteiger partial charge in [-0.05, 0) is 94.4 Å². The fraction of sp³-hybridized carbons (Fsp3) is 0.0769. The van der Waals surface area contributed by atoms with Crippen molar-refractivity contribution in [3.05, 3.63) is 195 Å². The van der Waals surface area contributed by atoms with E-state index in [0.29, 0.717) is 11.8 Å². The molecule has 6 aromatic carbocycles. The number of fused-ring (bicyclic) bond motifs is 8. The van der Waals surface area contributed by atoms with Crippen LogP contribution in [0.4, 0.5) is 34.1 Å². The van der Waals surface area contributed by atoms with Gasteiger partial charge in [0.15, 0.2) is 0 Å². The largest absolute Gasteiger partial charge is 0.504 e. The third kappa shape index (κ3) is 9.49. The molecule has 0 spiro atoms. The van der Waals surface area contributed by atoms with Crippen LogP contribution in [0.2, 0.25) is 0 Å². The number of benzene rings is 6. The Bertz CT molecular complexity index is 2880. The fourth-order valence-corrected chi connectivity index (χ4v) is 7.49. The van der Waals surface area contributed by atoms with Crippen molar-refractivity contribution in [1.82, 2.24) is 19.9 Å². The third-order valence-corrected chi connectivity index (χ3v) is 10.5. The van der Waals surface area contributed by atoms with Crippen molar-refractivity contribution in [3.63, 3.8) is 0 Å². The number of nitrogens with zero attached hydrogens (tertiary/aromatic N) is 8. The molecule has 0 amide bonds. The number of hydrogen-bond acceptors (Lipinski definition) is 8. The van der Waals surface area contributed by atoms with Gasteiger partial charge in [-0.15, -0.1) is 11.4 Å². The minimum absolute atomic E-state index is 0. The van der Waals surface area contributed by atoms with Crippen molar-refractivity contribution in [2.45, 2.75) is 0 Å². The van der Waals surface area contributed by atoms with Crippen LogP contribution >= 0.6 is 0 Å². The van der Waals surface area contributed by atoms with Crippen LogP contribution in [-0.4, -0.2) is 38.3 Å². The summed E-state index contributed by atoms with van der Waals surface area (Å²) in [7, 11) is 7.33. The number of pyridine rings is 2. The van der Waals surface area contributed by atoms with E-state index in [2.05, 4.69) is 152 Å². The van der Waals surface area contributed by atoms with E-state index in [0.717, 1.165) is 55.2 Å². The molecule has 0 radical (unpaired) electrons. The summed E-state index contributed by atoms with van der Waals surface area (Å²) in [5, 5.41) is 4.43. The molecule has 64 heavy (non-hydrogen) atoms. The van der Waals surface area contributed by atoms with Gasteiger partial charge in [0, 0.05) is 64.9 Å². The maximum absolute atomic E-state index is 5.07. The summed E-state index contributed by atoms with van der Waals surface area (Å²) < 4.78 is 10.1. The molecule has 6 heterocycles. The molecule has 10 aromatic rings. The van der Waals surface area contributed by atoms with Gasteiger partial charge in [-0.1, -0.05) is 84.9 Å². The maximum atomic E-state index is 5.07. The molecule has 0 aliphatic carbocycles. The molecule has 12 heteroatoms. The molecule has 10 nitrogen and oxygen atoms in total. The van der Waals surface area contributed by atoms with Gasteiger partial charge in [-0.2, -0.15) is 74.0 Å². The first-order valence-electron chi connectivity index (χ1n) is 20.1. The fourth-order valence-electron chi connectivity index (χ4n) is 7.49. The summed E-state index contributed by atoms with van der Waals surface area (Å²) in [6.45, 7) is 4.16. The summed E-state index contributed by atoms with van der Waals surface area (Å²) in [5.74, 6) is 1.20. The zero-order valence-corrected chi connectivity index (χ0v) is 39.9. The van der Waals surface area contributed by atoms with Gasteiger partial charge in [0.25, 0.3) is 0 Å². The van der Waals surface area contributed by atoms with Crippen LogP contribution in [0.15, 0.2) is 170 Å². The van der Waals surface area contributed by atoms with Gasteiger partial charge in [0.05, 0.1) is 14.2 Å². The maximum Gasteiger partial charge on any atom is 0.110 e. The standard InChI is InChI=1S/2C14H12N2.2C12H9N2O.2Pt/c2*1-15-11-16(12-7-3-2-4-8-12)14-10-6-5-9-13(14)15;2*1-15-11-7-6-9-8-4-2-3-5-10(8)13-12(9)14-11;;/h2*2-7,9-11H,1H3;2*2-7H,1H3;;/q2*-2;2*-1;;. The van der Waals surface area contributed by atoms with Crippen molar-refractivity contribution in [2.24, 2.45) is 0 Å². The summed E-state index contributed by atoms with van der Waals surface area (Å²) >= 11 is 0. The zero-order valence-electron chi connectivity index (χ0n) is 35.3. The molecule has 0 bridgehead atoms. The summed E-state index contributed by atoms with van der Waals surface area (Å²) in [6.07, 6.45) is 0.